The first-order valence-corrected chi connectivity index (χ1v) is 7.86. The maximum Gasteiger partial charge on any atom is 0.357 e. The summed E-state index contributed by atoms with van der Waals surface area (Å²) in [6.45, 7) is 0. The first-order chi connectivity index (χ1) is 12.6. The molecule has 3 rings (SSSR count). The number of carbonyl (C=O) groups is 1. The Kier molecular flexibility index (Phi) is 5.24. The average molecular weight is 349 g/mol. The molecule has 0 fully saturated rings. The summed E-state index contributed by atoms with van der Waals surface area (Å²) in [6.07, 6.45) is -0.964. The van der Waals surface area contributed by atoms with Gasteiger partial charge in [0.25, 0.3) is 5.69 Å². The minimum atomic E-state index is -0.964. The lowest BCUT2D eigenvalue weighted by atomic mass is 10.1. The number of nitro benzene ring substituents is 1. The van der Waals surface area contributed by atoms with Crippen molar-refractivity contribution in [1.82, 2.24) is 0 Å². The standard InChI is InChI=1S/C20H15NO5/c22-20(26-18-13-11-16(12-14-18)21(23)24)19(15-7-3-1-4-8-15)25-17-9-5-2-6-10-17/h1-14,19H. The third kappa shape index (κ3) is 4.24. The van der Waals surface area contributed by atoms with E-state index in [0.29, 0.717) is 11.3 Å². The predicted molar refractivity (Wildman–Crippen MR) is 95.0 cm³/mol. The van der Waals surface area contributed by atoms with Crippen LogP contribution in [0.4, 0.5) is 5.69 Å². The lowest BCUT2D eigenvalue weighted by molar-refractivity contribution is -0.384. The fourth-order valence-electron chi connectivity index (χ4n) is 2.32. The first-order valence-electron chi connectivity index (χ1n) is 7.86. The van der Waals surface area contributed by atoms with E-state index < -0.39 is 17.0 Å². The van der Waals surface area contributed by atoms with Gasteiger partial charge in [-0.15, -0.1) is 0 Å². The Hall–Kier alpha value is -3.67. The predicted octanol–water partition coefficient (Wildman–Crippen LogP) is 4.32. The monoisotopic (exact) mass is 349 g/mol. The molecule has 0 radical (unpaired) electrons. The van der Waals surface area contributed by atoms with Gasteiger partial charge < -0.3 is 9.47 Å². The van der Waals surface area contributed by atoms with E-state index in [-0.39, 0.29) is 11.4 Å². The number of esters is 1. The quantitative estimate of drug-likeness (QED) is 0.287. The van der Waals surface area contributed by atoms with Crippen LogP contribution in [0.1, 0.15) is 11.7 Å². The Labute approximate surface area is 149 Å². The number of rotatable bonds is 6. The second-order valence-electron chi connectivity index (χ2n) is 5.39. The van der Waals surface area contributed by atoms with E-state index in [2.05, 4.69) is 0 Å². The van der Waals surface area contributed by atoms with Crippen molar-refractivity contribution in [2.45, 2.75) is 6.10 Å². The molecule has 0 saturated carbocycles. The van der Waals surface area contributed by atoms with Crippen LogP contribution < -0.4 is 9.47 Å². The molecule has 1 unspecified atom stereocenters. The van der Waals surface area contributed by atoms with Gasteiger partial charge in [0, 0.05) is 17.7 Å². The molecule has 3 aromatic rings. The van der Waals surface area contributed by atoms with Crippen molar-refractivity contribution < 1.29 is 19.2 Å². The minimum absolute atomic E-state index is 0.0788. The van der Waals surface area contributed by atoms with Gasteiger partial charge in [-0.1, -0.05) is 48.5 Å². The van der Waals surface area contributed by atoms with E-state index in [1.807, 2.05) is 12.1 Å². The van der Waals surface area contributed by atoms with Crippen LogP contribution in [-0.4, -0.2) is 10.9 Å². The van der Waals surface area contributed by atoms with Gasteiger partial charge >= 0.3 is 5.97 Å². The van der Waals surface area contributed by atoms with Crippen molar-refractivity contribution in [2.24, 2.45) is 0 Å². The average Bonchev–Trinajstić information content (AvgIpc) is 2.68. The van der Waals surface area contributed by atoms with Gasteiger partial charge in [0.2, 0.25) is 6.10 Å². The second-order valence-corrected chi connectivity index (χ2v) is 5.39. The van der Waals surface area contributed by atoms with Crippen LogP contribution in [-0.2, 0) is 4.79 Å². The van der Waals surface area contributed by atoms with Crippen LogP contribution >= 0.6 is 0 Å². The van der Waals surface area contributed by atoms with E-state index in [9.17, 15) is 14.9 Å². The summed E-state index contributed by atoms with van der Waals surface area (Å²) in [5.41, 5.74) is 0.563. The molecule has 0 aliphatic carbocycles. The van der Waals surface area contributed by atoms with Crippen molar-refractivity contribution in [1.29, 1.82) is 0 Å². The largest absolute Gasteiger partial charge is 0.474 e. The maximum absolute atomic E-state index is 12.7. The van der Waals surface area contributed by atoms with Crippen LogP contribution in [0.25, 0.3) is 0 Å². The zero-order valence-electron chi connectivity index (χ0n) is 13.6. The number of ether oxygens (including phenoxy) is 2. The van der Waals surface area contributed by atoms with Gasteiger partial charge in [-0.25, -0.2) is 4.79 Å². The summed E-state index contributed by atoms with van der Waals surface area (Å²) >= 11 is 0. The summed E-state index contributed by atoms with van der Waals surface area (Å²) in [5.74, 6) is 0.120. The SMILES string of the molecule is O=C(Oc1ccc([N+](=O)[O-])cc1)C(Oc1ccccc1)c1ccccc1. The maximum atomic E-state index is 12.7. The molecule has 3 aromatic carbocycles. The number of benzene rings is 3. The van der Waals surface area contributed by atoms with Crippen molar-refractivity contribution in [3.8, 4) is 11.5 Å². The van der Waals surface area contributed by atoms with E-state index in [1.165, 1.54) is 24.3 Å². The number of para-hydroxylation sites is 1. The van der Waals surface area contributed by atoms with E-state index in [1.54, 1.807) is 48.5 Å². The van der Waals surface area contributed by atoms with Crippen LogP contribution in [0, 0.1) is 10.1 Å². The van der Waals surface area contributed by atoms with Crippen LogP contribution in [0.5, 0.6) is 11.5 Å². The van der Waals surface area contributed by atoms with E-state index in [4.69, 9.17) is 9.47 Å². The third-order valence-corrected chi connectivity index (χ3v) is 3.58. The van der Waals surface area contributed by atoms with Gasteiger partial charge in [0.05, 0.1) is 4.92 Å². The molecule has 0 heterocycles. The molecule has 0 N–H and O–H groups in total. The number of nitrogens with zero attached hydrogens (tertiary/aromatic N) is 1. The highest BCUT2D eigenvalue weighted by Crippen LogP contribution is 2.25. The molecule has 0 spiro atoms. The molecule has 0 saturated heterocycles. The minimum Gasteiger partial charge on any atom is -0.474 e. The van der Waals surface area contributed by atoms with Gasteiger partial charge in [-0.2, -0.15) is 0 Å². The van der Waals surface area contributed by atoms with Crippen molar-refractivity contribution in [2.75, 3.05) is 0 Å². The van der Waals surface area contributed by atoms with E-state index >= 15 is 0 Å². The Morgan fingerprint density at radius 3 is 1.96 bits per heavy atom. The zero-order chi connectivity index (χ0) is 18.4. The normalized spacial score (nSPS) is 11.4. The summed E-state index contributed by atoms with van der Waals surface area (Å²) in [5, 5.41) is 10.7. The van der Waals surface area contributed by atoms with Crippen LogP contribution in [0.2, 0.25) is 0 Å². The Morgan fingerprint density at radius 2 is 1.38 bits per heavy atom. The fourth-order valence-corrected chi connectivity index (χ4v) is 2.32. The zero-order valence-corrected chi connectivity index (χ0v) is 13.6. The number of non-ortho nitro benzene ring substituents is 1. The highest BCUT2D eigenvalue weighted by Gasteiger charge is 2.25. The molecule has 0 bridgehead atoms. The summed E-state index contributed by atoms with van der Waals surface area (Å²) in [7, 11) is 0. The summed E-state index contributed by atoms with van der Waals surface area (Å²) in [6, 6.07) is 23.2. The molecular formula is C20H15NO5. The number of nitro groups is 1. The van der Waals surface area contributed by atoms with Gasteiger partial charge in [-0.3, -0.25) is 10.1 Å². The highest BCUT2D eigenvalue weighted by atomic mass is 16.6. The van der Waals surface area contributed by atoms with Crippen LogP contribution in [0.15, 0.2) is 84.9 Å². The molecule has 6 heteroatoms. The van der Waals surface area contributed by atoms with Crippen molar-refractivity contribution in [3.05, 3.63) is 101 Å². The molecule has 0 aliphatic rings. The number of hydrogen-bond acceptors (Lipinski definition) is 5. The number of hydrogen-bond donors (Lipinski definition) is 0. The summed E-state index contributed by atoms with van der Waals surface area (Å²) in [4.78, 5) is 22.8. The molecule has 0 amide bonds. The fraction of sp³-hybridized carbons (Fsp3) is 0.0500. The molecule has 1 atom stereocenters. The van der Waals surface area contributed by atoms with Crippen molar-refractivity contribution in [3.63, 3.8) is 0 Å². The number of carbonyl (C=O) groups excluding carboxylic acids is 1. The van der Waals surface area contributed by atoms with E-state index in [0.717, 1.165) is 0 Å². The Balaban J connectivity index is 1.81. The Bertz CT molecular complexity index is 879. The Morgan fingerprint density at radius 1 is 0.808 bits per heavy atom. The van der Waals surface area contributed by atoms with Gasteiger partial charge in [0.1, 0.15) is 11.5 Å². The second kappa shape index (κ2) is 7.94. The van der Waals surface area contributed by atoms with Gasteiger partial charge in [0.15, 0.2) is 0 Å². The topological polar surface area (TPSA) is 78.7 Å². The summed E-state index contributed by atoms with van der Waals surface area (Å²) < 4.78 is 11.2. The van der Waals surface area contributed by atoms with Crippen molar-refractivity contribution >= 4 is 11.7 Å². The molecule has 0 aliphatic heterocycles. The molecule has 6 nitrogen and oxygen atoms in total. The lowest BCUT2D eigenvalue weighted by Gasteiger charge is -2.18. The first kappa shape index (κ1) is 17.2. The lowest BCUT2D eigenvalue weighted by Crippen LogP contribution is -2.23. The molecule has 0 aromatic heterocycles. The molecule has 26 heavy (non-hydrogen) atoms. The van der Waals surface area contributed by atoms with Gasteiger partial charge in [-0.05, 0) is 24.3 Å². The third-order valence-electron chi connectivity index (χ3n) is 3.58. The highest BCUT2D eigenvalue weighted by molar-refractivity contribution is 5.79. The smallest absolute Gasteiger partial charge is 0.357 e. The molecule has 130 valence electrons. The molecular weight excluding hydrogens is 334 g/mol. The van der Waals surface area contributed by atoms with Crippen LogP contribution in [0.3, 0.4) is 0 Å².